The average Bonchev–Trinajstić information content (AvgIpc) is 3.43. The maximum atomic E-state index is 15.1. The van der Waals surface area contributed by atoms with Gasteiger partial charge in [-0.1, -0.05) is 41.7 Å². The van der Waals surface area contributed by atoms with E-state index in [0.29, 0.717) is 21.2 Å². The normalized spacial score (nSPS) is 15.0. The van der Waals surface area contributed by atoms with E-state index < -0.39 is 29.2 Å². The van der Waals surface area contributed by atoms with Gasteiger partial charge in [0.1, 0.15) is 17.4 Å². The molecule has 9 heteroatoms. The molecule has 0 spiro atoms. The molecule has 1 aliphatic rings. The standard InChI is InChI=1S/C27H17FN2O5S/c1-2-34-26(33)14-11-12-18-20(13-14)36-27(29-18)30-22(15-7-3-5-9-17(15)28)21-23(31)16-8-4-6-10-19(16)35-24(21)25(30)32/h3-13,22H,2H2,1H3/t22-/m1/s1. The predicted molar refractivity (Wildman–Crippen MR) is 133 cm³/mol. The zero-order chi connectivity index (χ0) is 25.0. The van der Waals surface area contributed by atoms with Crippen molar-refractivity contribution in [2.45, 2.75) is 13.0 Å². The van der Waals surface area contributed by atoms with Crippen LogP contribution in [0.25, 0.3) is 21.2 Å². The molecule has 2 aromatic heterocycles. The monoisotopic (exact) mass is 500 g/mol. The summed E-state index contributed by atoms with van der Waals surface area (Å²) in [4.78, 5) is 45.3. The topological polar surface area (TPSA) is 89.7 Å². The van der Waals surface area contributed by atoms with Crippen LogP contribution in [-0.4, -0.2) is 23.5 Å². The number of halogens is 1. The number of amides is 1. The number of anilines is 1. The van der Waals surface area contributed by atoms with E-state index in [-0.39, 0.29) is 34.2 Å². The van der Waals surface area contributed by atoms with E-state index in [1.165, 1.54) is 17.0 Å². The van der Waals surface area contributed by atoms with Crippen LogP contribution in [0.3, 0.4) is 0 Å². The highest BCUT2D eigenvalue weighted by atomic mass is 32.1. The Kier molecular flexibility index (Phi) is 5.15. The molecule has 1 amide bonds. The smallest absolute Gasteiger partial charge is 0.338 e. The Balaban J connectivity index is 1.57. The van der Waals surface area contributed by atoms with Gasteiger partial charge in [-0.25, -0.2) is 14.2 Å². The summed E-state index contributed by atoms with van der Waals surface area (Å²) < 4.78 is 26.7. The lowest BCUT2D eigenvalue weighted by atomic mass is 9.98. The molecule has 3 heterocycles. The molecular weight excluding hydrogens is 483 g/mol. The number of para-hydroxylation sites is 1. The first-order valence-corrected chi connectivity index (χ1v) is 12.0. The first kappa shape index (κ1) is 22.1. The third kappa shape index (κ3) is 3.31. The number of hydrogen-bond donors (Lipinski definition) is 0. The van der Waals surface area contributed by atoms with E-state index in [2.05, 4.69) is 4.98 Å². The van der Waals surface area contributed by atoms with Gasteiger partial charge in [0.15, 0.2) is 10.6 Å². The molecule has 0 aliphatic carbocycles. The number of hydrogen-bond acceptors (Lipinski definition) is 7. The molecule has 5 aromatic rings. The highest BCUT2D eigenvalue weighted by Gasteiger charge is 2.45. The van der Waals surface area contributed by atoms with Crippen molar-refractivity contribution in [2.75, 3.05) is 11.5 Å². The summed E-state index contributed by atoms with van der Waals surface area (Å²) in [6, 6.07) is 16.5. The largest absolute Gasteiger partial charge is 0.462 e. The highest BCUT2D eigenvalue weighted by Crippen LogP contribution is 2.44. The molecule has 0 fully saturated rings. The second kappa shape index (κ2) is 8.39. The first-order chi connectivity index (χ1) is 17.5. The van der Waals surface area contributed by atoms with Gasteiger partial charge in [-0.05, 0) is 43.3 Å². The molecule has 0 radical (unpaired) electrons. The zero-order valence-electron chi connectivity index (χ0n) is 18.9. The summed E-state index contributed by atoms with van der Waals surface area (Å²) in [5.41, 5.74) is 0.982. The fourth-order valence-electron chi connectivity index (χ4n) is 4.46. The second-order valence-corrected chi connectivity index (χ2v) is 9.18. The van der Waals surface area contributed by atoms with E-state index in [1.807, 2.05) is 0 Å². The number of ether oxygens (including phenoxy) is 1. The maximum Gasteiger partial charge on any atom is 0.338 e. The summed E-state index contributed by atoms with van der Waals surface area (Å²) in [6.45, 7) is 1.96. The summed E-state index contributed by atoms with van der Waals surface area (Å²) in [5, 5.41) is 0.551. The summed E-state index contributed by atoms with van der Waals surface area (Å²) in [6.07, 6.45) is 0. The van der Waals surface area contributed by atoms with Gasteiger partial charge in [0, 0.05) is 5.56 Å². The van der Waals surface area contributed by atoms with Crippen LogP contribution in [-0.2, 0) is 4.74 Å². The summed E-state index contributed by atoms with van der Waals surface area (Å²) >= 11 is 1.15. The van der Waals surface area contributed by atoms with Crippen molar-refractivity contribution in [3.05, 3.63) is 105 Å². The van der Waals surface area contributed by atoms with E-state index in [9.17, 15) is 14.4 Å². The minimum Gasteiger partial charge on any atom is -0.462 e. The van der Waals surface area contributed by atoms with E-state index in [1.54, 1.807) is 61.5 Å². The van der Waals surface area contributed by atoms with Crippen molar-refractivity contribution in [3.8, 4) is 0 Å². The van der Waals surface area contributed by atoms with Gasteiger partial charge in [0.05, 0.1) is 33.3 Å². The molecular formula is C27H17FN2O5S. The van der Waals surface area contributed by atoms with Crippen molar-refractivity contribution in [2.24, 2.45) is 0 Å². The number of thiazole rings is 1. The van der Waals surface area contributed by atoms with Crippen LogP contribution in [0.15, 0.2) is 75.9 Å². The van der Waals surface area contributed by atoms with Gasteiger partial charge < -0.3 is 9.15 Å². The van der Waals surface area contributed by atoms with Crippen LogP contribution in [0.2, 0.25) is 0 Å². The molecule has 1 atom stereocenters. The lowest BCUT2D eigenvalue weighted by Crippen LogP contribution is -2.30. The number of carbonyl (C=O) groups excluding carboxylic acids is 2. The van der Waals surface area contributed by atoms with Gasteiger partial charge in [-0.2, -0.15) is 0 Å². The maximum absolute atomic E-state index is 15.1. The van der Waals surface area contributed by atoms with Crippen molar-refractivity contribution in [1.29, 1.82) is 0 Å². The van der Waals surface area contributed by atoms with E-state index in [4.69, 9.17) is 9.15 Å². The quantitative estimate of drug-likeness (QED) is 0.304. The number of nitrogens with zero attached hydrogens (tertiary/aromatic N) is 2. The van der Waals surface area contributed by atoms with E-state index in [0.717, 1.165) is 11.3 Å². The zero-order valence-corrected chi connectivity index (χ0v) is 19.7. The number of fused-ring (bicyclic) bond motifs is 3. The third-order valence-corrected chi connectivity index (χ3v) is 7.09. The Labute approximate surface area is 207 Å². The molecule has 3 aromatic carbocycles. The average molecular weight is 501 g/mol. The van der Waals surface area contributed by atoms with Crippen molar-refractivity contribution >= 4 is 49.5 Å². The molecule has 0 N–H and O–H groups in total. The number of benzene rings is 3. The highest BCUT2D eigenvalue weighted by molar-refractivity contribution is 7.22. The van der Waals surface area contributed by atoms with Gasteiger partial charge in [0.25, 0.3) is 5.91 Å². The van der Waals surface area contributed by atoms with Crippen LogP contribution < -0.4 is 10.3 Å². The van der Waals surface area contributed by atoms with Gasteiger partial charge in [-0.3, -0.25) is 14.5 Å². The Morgan fingerprint density at radius 3 is 2.69 bits per heavy atom. The minimum atomic E-state index is -1.07. The van der Waals surface area contributed by atoms with Crippen LogP contribution in [0.5, 0.6) is 0 Å². The Bertz CT molecular complexity index is 1760. The molecule has 0 saturated carbocycles. The van der Waals surface area contributed by atoms with Crippen molar-refractivity contribution in [3.63, 3.8) is 0 Å². The van der Waals surface area contributed by atoms with Crippen molar-refractivity contribution in [1.82, 2.24) is 4.98 Å². The fraction of sp³-hybridized carbons (Fsp3) is 0.111. The Morgan fingerprint density at radius 1 is 1.11 bits per heavy atom. The van der Waals surface area contributed by atoms with Crippen LogP contribution in [0, 0.1) is 5.82 Å². The minimum absolute atomic E-state index is 0.0651. The molecule has 0 bridgehead atoms. The predicted octanol–water partition coefficient (Wildman–Crippen LogP) is 5.47. The summed E-state index contributed by atoms with van der Waals surface area (Å²) in [7, 11) is 0. The Morgan fingerprint density at radius 2 is 1.89 bits per heavy atom. The summed E-state index contributed by atoms with van der Waals surface area (Å²) in [5.74, 6) is -1.76. The third-order valence-electron chi connectivity index (χ3n) is 6.07. The molecule has 36 heavy (non-hydrogen) atoms. The van der Waals surface area contributed by atoms with Gasteiger partial charge in [0.2, 0.25) is 5.76 Å². The van der Waals surface area contributed by atoms with E-state index >= 15 is 4.39 Å². The number of carbonyl (C=O) groups is 2. The molecule has 0 unspecified atom stereocenters. The fourth-order valence-corrected chi connectivity index (χ4v) is 5.50. The van der Waals surface area contributed by atoms with Crippen LogP contribution in [0.1, 0.15) is 45.0 Å². The molecule has 7 nitrogen and oxygen atoms in total. The lowest BCUT2D eigenvalue weighted by molar-refractivity contribution is 0.0526. The molecule has 6 rings (SSSR count). The first-order valence-electron chi connectivity index (χ1n) is 11.2. The Hall–Kier alpha value is -4.37. The molecule has 1 aliphatic heterocycles. The van der Waals surface area contributed by atoms with Gasteiger partial charge >= 0.3 is 5.97 Å². The van der Waals surface area contributed by atoms with Crippen LogP contribution in [0.4, 0.5) is 9.52 Å². The molecule has 178 valence electrons. The van der Waals surface area contributed by atoms with Crippen molar-refractivity contribution < 1.29 is 23.1 Å². The lowest BCUT2D eigenvalue weighted by Gasteiger charge is -2.22. The SMILES string of the molecule is CCOC(=O)c1ccc2nc(N3C(=O)c4oc5ccccc5c(=O)c4[C@H]3c3ccccc3F)sc2c1. The number of esters is 1. The van der Waals surface area contributed by atoms with Gasteiger partial charge in [-0.15, -0.1) is 0 Å². The number of aromatic nitrogens is 1. The molecule has 0 saturated heterocycles. The van der Waals surface area contributed by atoms with Crippen LogP contribution >= 0.6 is 11.3 Å². The second-order valence-electron chi connectivity index (χ2n) is 8.17. The number of rotatable bonds is 4.